The van der Waals surface area contributed by atoms with Crippen molar-refractivity contribution in [1.29, 1.82) is 0 Å². The van der Waals surface area contributed by atoms with Gasteiger partial charge in [0.05, 0.1) is 5.56 Å². The summed E-state index contributed by atoms with van der Waals surface area (Å²) in [6.07, 6.45) is 1.46. The lowest BCUT2D eigenvalue weighted by Crippen LogP contribution is -2.11. The fourth-order valence-corrected chi connectivity index (χ4v) is 1.90. The van der Waals surface area contributed by atoms with Gasteiger partial charge in [-0.05, 0) is 23.8 Å². The van der Waals surface area contributed by atoms with E-state index in [1.165, 1.54) is 6.20 Å². The predicted octanol–water partition coefficient (Wildman–Crippen LogP) is 2.56. The summed E-state index contributed by atoms with van der Waals surface area (Å²) in [6, 6.07) is 11.3. The van der Waals surface area contributed by atoms with E-state index < -0.39 is 5.91 Å². The molecule has 0 aliphatic rings. The van der Waals surface area contributed by atoms with Crippen LogP contribution in [0.15, 0.2) is 47.1 Å². The Labute approximate surface area is 113 Å². The second kappa shape index (κ2) is 5.64. The average molecular weight is 306 g/mol. The normalized spacial score (nSPS) is 10.1. The van der Waals surface area contributed by atoms with E-state index in [1.807, 2.05) is 24.3 Å². The van der Waals surface area contributed by atoms with Gasteiger partial charge in [0.1, 0.15) is 5.82 Å². The maximum absolute atomic E-state index is 10.9. The van der Waals surface area contributed by atoms with E-state index in [2.05, 4.69) is 26.2 Å². The maximum atomic E-state index is 10.9. The Morgan fingerprint density at radius 3 is 2.67 bits per heavy atom. The molecular weight excluding hydrogens is 294 g/mol. The van der Waals surface area contributed by atoms with Gasteiger partial charge < -0.3 is 11.1 Å². The van der Waals surface area contributed by atoms with Crippen LogP contribution >= 0.6 is 15.9 Å². The van der Waals surface area contributed by atoms with E-state index in [4.69, 9.17) is 5.73 Å². The molecule has 0 unspecified atom stereocenters. The molecule has 92 valence electrons. The average Bonchev–Trinajstić information content (AvgIpc) is 2.38. The molecular formula is C13H12BrN3O. The minimum Gasteiger partial charge on any atom is -0.366 e. The molecule has 1 amide bonds. The lowest BCUT2D eigenvalue weighted by Gasteiger charge is -2.07. The zero-order valence-corrected chi connectivity index (χ0v) is 11.1. The molecule has 0 aliphatic heterocycles. The van der Waals surface area contributed by atoms with Crippen LogP contribution < -0.4 is 11.1 Å². The number of benzene rings is 1. The highest BCUT2D eigenvalue weighted by molar-refractivity contribution is 9.10. The molecule has 0 saturated carbocycles. The monoisotopic (exact) mass is 305 g/mol. The minimum absolute atomic E-state index is 0.404. The fourth-order valence-electron chi connectivity index (χ4n) is 1.47. The van der Waals surface area contributed by atoms with Gasteiger partial charge in [-0.3, -0.25) is 4.79 Å². The van der Waals surface area contributed by atoms with Crippen LogP contribution in [0.3, 0.4) is 0 Å². The molecule has 3 N–H and O–H groups in total. The molecule has 1 heterocycles. The first-order chi connectivity index (χ1) is 8.66. The molecule has 1 aromatic carbocycles. The molecule has 18 heavy (non-hydrogen) atoms. The third-order valence-corrected chi connectivity index (χ3v) is 3.24. The first-order valence-electron chi connectivity index (χ1n) is 5.40. The molecule has 0 spiro atoms. The molecule has 1 aromatic heterocycles. The van der Waals surface area contributed by atoms with Crippen molar-refractivity contribution in [3.05, 3.63) is 58.2 Å². The Morgan fingerprint density at radius 1 is 1.28 bits per heavy atom. The molecule has 2 aromatic rings. The topological polar surface area (TPSA) is 68.0 Å². The van der Waals surface area contributed by atoms with Gasteiger partial charge in [0.2, 0.25) is 5.91 Å². The summed E-state index contributed by atoms with van der Waals surface area (Å²) < 4.78 is 1.05. The van der Waals surface area contributed by atoms with Crippen molar-refractivity contribution in [3.8, 4) is 0 Å². The quantitative estimate of drug-likeness (QED) is 0.912. The molecule has 0 radical (unpaired) electrons. The lowest BCUT2D eigenvalue weighted by molar-refractivity contribution is 0.1000. The van der Waals surface area contributed by atoms with Crippen molar-refractivity contribution < 1.29 is 4.79 Å². The van der Waals surface area contributed by atoms with E-state index >= 15 is 0 Å². The number of hydrogen-bond donors (Lipinski definition) is 2. The summed E-state index contributed by atoms with van der Waals surface area (Å²) in [4.78, 5) is 15.0. The van der Waals surface area contributed by atoms with Gasteiger partial charge in [-0.25, -0.2) is 4.98 Å². The molecule has 0 bridgehead atoms. The van der Waals surface area contributed by atoms with Gasteiger partial charge in [-0.15, -0.1) is 0 Å². The predicted molar refractivity (Wildman–Crippen MR) is 74.2 cm³/mol. The summed E-state index contributed by atoms with van der Waals surface area (Å²) in [6.45, 7) is 0.657. The third-order valence-electron chi connectivity index (χ3n) is 2.47. The van der Waals surface area contributed by atoms with Gasteiger partial charge in [-0.2, -0.15) is 0 Å². The van der Waals surface area contributed by atoms with Crippen LogP contribution in [0.5, 0.6) is 0 Å². The molecule has 0 atom stereocenters. The number of rotatable bonds is 4. The number of nitrogens with zero attached hydrogens (tertiary/aromatic N) is 1. The highest BCUT2D eigenvalue weighted by atomic mass is 79.9. The number of aromatic nitrogens is 1. The largest absolute Gasteiger partial charge is 0.366 e. The number of anilines is 1. The second-order valence-corrected chi connectivity index (χ2v) is 4.60. The Hall–Kier alpha value is -1.88. The molecule has 5 heteroatoms. The van der Waals surface area contributed by atoms with Crippen molar-refractivity contribution in [2.24, 2.45) is 5.73 Å². The van der Waals surface area contributed by atoms with Crippen LogP contribution in [0.2, 0.25) is 0 Å². The highest BCUT2D eigenvalue weighted by Crippen LogP contribution is 2.17. The molecule has 2 rings (SSSR count). The lowest BCUT2D eigenvalue weighted by atomic mass is 10.2. The van der Waals surface area contributed by atoms with E-state index in [0.29, 0.717) is 17.9 Å². The first kappa shape index (κ1) is 12.6. The van der Waals surface area contributed by atoms with Gasteiger partial charge in [0.25, 0.3) is 0 Å². The van der Waals surface area contributed by atoms with Crippen molar-refractivity contribution >= 4 is 27.7 Å². The minimum atomic E-state index is -0.472. The summed E-state index contributed by atoms with van der Waals surface area (Å²) in [5, 5.41) is 3.17. The van der Waals surface area contributed by atoms with E-state index in [1.54, 1.807) is 12.1 Å². The molecule has 0 aliphatic carbocycles. The number of hydrogen-bond acceptors (Lipinski definition) is 3. The van der Waals surface area contributed by atoms with Gasteiger partial charge in [0.15, 0.2) is 0 Å². The zero-order valence-electron chi connectivity index (χ0n) is 9.56. The Morgan fingerprint density at radius 2 is 2.06 bits per heavy atom. The van der Waals surface area contributed by atoms with Crippen molar-refractivity contribution in [1.82, 2.24) is 4.98 Å². The van der Waals surface area contributed by atoms with Crippen molar-refractivity contribution in [2.75, 3.05) is 5.32 Å². The molecule has 0 saturated heterocycles. The van der Waals surface area contributed by atoms with Gasteiger partial charge >= 0.3 is 0 Å². The number of carbonyl (C=O) groups excluding carboxylic acids is 1. The molecule has 4 nitrogen and oxygen atoms in total. The van der Waals surface area contributed by atoms with Crippen LogP contribution in [-0.2, 0) is 6.54 Å². The SMILES string of the molecule is NC(=O)c1ccc(NCc2ccccc2Br)nc1. The van der Waals surface area contributed by atoms with Crippen LogP contribution in [0, 0.1) is 0 Å². The summed E-state index contributed by atoms with van der Waals surface area (Å²) in [5.41, 5.74) is 6.68. The second-order valence-electron chi connectivity index (χ2n) is 3.74. The number of halogens is 1. The zero-order chi connectivity index (χ0) is 13.0. The Balaban J connectivity index is 2.02. The summed E-state index contributed by atoms with van der Waals surface area (Å²) in [7, 11) is 0. The van der Waals surface area contributed by atoms with Gasteiger partial charge in [0, 0.05) is 17.2 Å². The number of pyridine rings is 1. The van der Waals surface area contributed by atoms with Gasteiger partial charge in [-0.1, -0.05) is 34.1 Å². The summed E-state index contributed by atoms with van der Waals surface area (Å²) >= 11 is 3.48. The third kappa shape index (κ3) is 3.07. The van der Waals surface area contributed by atoms with Crippen LogP contribution in [-0.4, -0.2) is 10.9 Å². The number of nitrogens with two attached hydrogens (primary N) is 1. The number of primary amides is 1. The van der Waals surface area contributed by atoms with Crippen LogP contribution in [0.1, 0.15) is 15.9 Å². The standard InChI is InChI=1S/C13H12BrN3O/c14-11-4-2-1-3-9(11)7-16-12-6-5-10(8-17-12)13(15)18/h1-6,8H,7H2,(H2,15,18)(H,16,17). The maximum Gasteiger partial charge on any atom is 0.250 e. The van der Waals surface area contributed by atoms with E-state index in [0.717, 1.165) is 10.0 Å². The van der Waals surface area contributed by atoms with Crippen LogP contribution in [0.25, 0.3) is 0 Å². The first-order valence-corrected chi connectivity index (χ1v) is 6.19. The smallest absolute Gasteiger partial charge is 0.250 e. The van der Waals surface area contributed by atoms with Crippen LogP contribution in [0.4, 0.5) is 5.82 Å². The Kier molecular flexibility index (Phi) is 3.94. The fraction of sp³-hybridized carbons (Fsp3) is 0.0769. The summed E-state index contributed by atoms with van der Waals surface area (Å²) in [5.74, 6) is 0.232. The van der Waals surface area contributed by atoms with E-state index in [-0.39, 0.29) is 0 Å². The van der Waals surface area contributed by atoms with Crippen molar-refractivity contribution in [2.45, 2.75) is 6.54 Å². The number of nitrogens with one attached hydrogen (secondary N) is 1. The molecule has 0 fully saturated rings. The highest BCUT2D eigenvalue weighted by Gasteiger charge is 2.02. The number of carbonyl (C=O) groups is 1. The van der Waals surface area contributed by atoms with Crippen molar-refractivity contribution in [3.63, 3.8) is 0 Å². The van der Waals surface area contributed by atoms with E-state index in [9.17, 15) is 4.79 Å². The number of amides is 1. The Bertz CT molecular complexity index is 554.